The van der Waals surface area contributed by atoms with Crippen molar-refractivity contribution in [3.63, 3.8) is 0 Å². The molecule has 0 nitrogen and oxygen atoms in total. The van der Waals surface area contributed by atoms with E-state index in [0.717, 1.165) is 12.8 Å². The van der Waals surface area contributed by atoms with Crippen LogP contribution < -0.4 is 24.8 Å². The first-order chi connectivity index (χ1) is 20.2. The molecule has 226 valence electrons. The van der Waals surface area contributed by atoms with E-state index in [1.807, 2.05) is 0 Å². The Hall–Kier alpha value is -1.96. The second-order valence-corrected chi connectivity index (χ2v) is 30.6. The van der Waals surface area contributed by atoms with Gasteiger partial charge in [-0.3, -0.25) is 0 Å². The van der Waals surface area contributed by atoms with Crippen LogP contribution in [0.3, 0.4) is 0 Å². The molecule has 0 fully saturated rings. The van der Waals surface area contributed by atoms with Gasteiger partial charge in [0.1, 0.15) is 0 Å². The number of fused-ring (bicyclic) bond motifs is 2. The van der Waals surface area contributed by atoms with Gasteiger partial charge in [-0.1, -0.05) is 0 Å². The molecule has 4 aromatic rings. The second-order valence-electron chi connectivity index (χ2n) is 12.7. The zero-order chi connectivity index (χ0) is 29.7. The van der Waals surface area contributed by atoms with Crippen molar-refractivity contribution < 1.29 is 45.2 Å². The molecular weight excluding hydrogens is 671 g/mol. The molecule has 6 rings (SSSR count). The molecule has 44 heavy (non-hydrogen) atoms. The molecule has 0 spiro atoms. The molecule has 0 bridgehead atoms. The van der Waals surface area contributed by atoms with E-state index in [1.54, 1.807) is 22.3 Å². The number of allylic oxidation sites excluding steroid dienone is 2. The van der Waals surface area contributed by atoms with Gasteiger partial charge < -0.3 is 24.8 Å². The van der Waals surface area contributed by atoms with E-state index >= 15 is 0 Å². The Morgan fingerprint density at radius 1 is 0.568 bits per heavy atom. The van der Waals surface area contributed by atoms with Gasteiger partial charge in [0, 0.05) is 0 Å². The third kappa shape index (κ3) is 6.10. The number of benzene rings is 4. The average Bonchev–Trinajstić information content (AvgIpc) is 3.52. The maximum Gasteiger partial charge on any atom is -1.00 e. The van der Waals surface area contributed by atoms with Crippen molar-refractivity contribution in [1.82, 2.24) is 0 Å². The normalized spacial score (nSPS) is 16.1. The summed E-state index contributed by atoms with van der Waals surface area (Å²) in [6.07, 6.45) is 7.55. The summed E-state index contributed by atoms with van der Waals surface area (Å²) in [6, 6.07) is 28.4. The molecule has 2 unspecified atom stereocenters. The Bertz CT molecular complexity index is 1700. The van der Waals surface area contributed by atoms with Gasteiger partial charge in [0.25, 0.3) is 0 Å². The number of aryl methyl sites for hydroxylation is 4. The maximum absolute atomic E-state index is 2.65. The van der Waals surface area contributed by atoms with Gasteiger partial charge >= 0.3 is 263 Å². The number of rotatable bonds is 6. The summed E-state index contributed by atoms with van der Waals surface area (Å²) in [7, 11) is 0. The van der Waals surface area contributed by atoms with Crippen molar-refractivity contribution in [1.29, 1.82) is 0 Å². The monoisotopic (exact) mass is 712 g/mol. The summed E-state index contributed by atoms with van der Waals surface area (Å²) in [5, 5.41) is 0. The quantitative estimate of drug-likeness (QED) is 0.231. The number of halogens is 2. The summed E-state index contributed by atoms with van der Waals surface area (Å²) in [5.74, 6) is 0. The van der Waals surface area contributed by atoms with Crippen molar-refractivity contribution in [3.8, 4) is 22.3 Å². The Labute approximate surface area is 286 Å². The molecule has 0 amide bonds. The Kier molecular flexibility index (Phi) is 11.3. The first-order valence-electron chi connectivity index (χ1n) is 15.7. The Morgan fingerprint density at radius 3 is 1.32 bits per heavy atom. The van der Waals surface area contributed by atoms with Crippen molar-refractivity contribution in [2.24, 2.45) is 0 Å². The molecule has 0 heterocycles. The van der Waals surface area contributed by atoms with Crippen molar-refractivity contribution in [2.75, 3.05) is 0 Å². The Balaban J connectivity index is 0.00000221. The summed E-state index contributed by atoms with van der Waals surface area (Å²) in [6.45, 7) is 19.1. The molecule has 0 aliphatic heterocycles. The molecule has 4 heteroatoms. The predicted octanol–water partition coefficient (Wildman–Crippen LogP) is 5.53. The molecule has 0 N–H and O–H groups in total. The third-order valence-electron chi connectivity index (χ3n) is 9.66. The standard InChI is InChI=1S/2C19H19.C2H6Si.2ClH.Zr/c2*1-4-15-11-16-6-5-7-18(19(16)12-15)17-9-8-13(2)10-14(17)3;1-3-2;;;/h2*5-12H,4H2,1-3H3;1-2H3;2*1H;/q;;;;;+2/p-2. The second kappa shape index (κ2) is 14.2. The van der Waals surface area contributed by atoms with Crippen LogP contribution in [0.15, 0.2) is 83.9 Å². The molecule has 2 atom stereocenters. The fourth-order valence-corrected chi connectivity index (χ4v) is 28.5. The van der Waals surface area contributed by atoms with Crippen LogP contribution in [0.2, 0.25) is 13.1 Å². The van der Waals surface area contributed by atoms with E-state index in [0.29, 0.717) is 7.25 Å². The molecule has 2 aliphatic rings. The molecule has 4 aromatic carbocycles. The first kappa shape index (κ1) is 34.9. The first-order valence-corrected chi connectivity index (χ1v) is 24.7. The van der Waals surface area contributed by atoms with Gasteiger partial charge in [-0.25, -0.2) is 0 Å². The van der Waals surface area contributed by atoms with Gasteiger partial charge in [0.15, 0.2) is 0 Å². The smallest absolute Gasteiger partial charge is 1.00 e. The molecular formula is C40H44Cl2SiZr. The molecule has 0 aromatic heterocycles. The topological polar surface area (TPSA) is 0 Å². The van der Waals surface area contributed by atoms with Crippen molar-refractivity contribution >= 4 is 17.6 Å². The number of hydrogen-bond donors (Lipinski definition) is 0. The van der Waals surface area contributed by atoms with Crippen LogP contribution >= 0.6 is 0 Å². The summed E-state index contributed by atoms with van der Waals surface area (Å²) in [5.41, 5.74) is 20.3. The van der Waals surface area contributed by atoms with E-state index in [1.165, 1.54) is 55.6 Å². The predicted molar refractivity (Wildman–Crippen MR) is 182 cm³/mol. The van der Waals surface area contributed by atoms with Gasteiger partial charge in [0.05, 0.1) is 0 Å². The van der Waals surface area contributed by atoms with E-state index in [4.69, 9.17) is 0 Å². The molecule has 0 saturated carbocycles. The SMILES string of the molecule is CCC1=Cc2c(-c3ccc(C)cc3C)cccc2[CH]1[Zr+2]([CH]1C(CC)=Cc2c(-c3ccc(C)cc3C)cccc21)=[Si](C)C.[Cl-].[Cl-]. The van der Waals surface area contributed by atoms with Crippen LogP contribution in [0.25, 0.3) is 34.4 Å². The van der Waals surface area contributed by atoms with Gasteiger partial charge in [-0.15, -0.1) is 0 Å². The van der Waals surface area contributed by atoms with E-state index < -0.39 is 25.8 Å². The zero-order valence-corrected chi connectivity index (χ0v) is 32.4. The summed E-state index contributed by atoms with van der Waals surface area (Å²) >= 11 is -2.15. The van der Waals surface area contributed by atoms with E-state index in [9.17, 15) is 0 Å². The maximum atomic E-state index is 2.65. The van der Waals surface area contributed by atoms with E-state index in [-0.39, 0.29) is 24.8 Å². The largest absolute Gasteiger partial charge is 1.00 e. The van der Waals surface area contributed by atoms with Crippen molar-refractivity contribution in [2.45, 2.75) is 74.7 Å². The van der Waals surface area contributed by atoms with Gasteiger partial charge in [-0.05, 0) is 0 Å². The Morgan fingerprint density at radius 2 is 0.977 bits per heavy atom. The summed E-state index contributed by atoms with van der Waals surface area (Å²) in [4.78, 5) is 0. The minimum atomic E-state index is -2.15. The third-order valence-corrected chi connectivity index (χ3v) is 29.2. The van der Waals surface area contributed by atoms with Crippen LogP contribution in [0.1, 0.15) is 78.4 Å². The minimum Gasteiger partial charge on any atom is -1.00 e. The molecule has 0 radical (unpaired) electrons. The minimum absolute atomic E-state index is 0. The fraction of sp³-hybridized carbons (Fsp3) is 0.300. The average molecular weight is 715 g/mol. The van der Waals surface area contributed by atoms with Crippen LogP contribution in [0, 0.1) is 27.7 Å². The summed E-state index contributed by atoms with van der Waals surface area (Å²) < 4.78 is 1.33. The molecule has 0 saturated heterocycles. The van der Waals surface area contributed by atoms with Gasteiger partial charge in [-0.2, -0.15) is 0 Å². The van der Waals surface area contributed by atoms with Crippen LogP contribution in [0.5, 0.6) is 0 Å². The van der Waals surface area contributed by atoms with E-state index in [2.05, 4.69) is 140 Å². The molecule has 2 aliphatic carbocycles. The zero-order valence-electron chi connectivity index (χ0n) is 27.4. The van der Waals surface area contributed by atoms with Gasteiger partial charge in [0.2, 0.25) is 0 Å². The van der Waals surface area contributed by atoms with Crippen LogP contribution in [0.4, 0.5) is 0 Å². The number of hydrogen-bond acceptors (Lipinski definition) is 0. The van der Waals surface area contributed by atoms with Crippen LogP contribution in [-0.2, 0) is 20.4 Å². The fourth-order valence-electron chi connectivity index (χ4n) is 7.72. The van der Waals surface area contributed by atoms with Crippen molar-refractivity contribution in [3.05, 3.63) is 128 Å². The van der Waals surface area contributed by atoms with Crippen LogP contribution in [-0.4, -0.2) is 5.43 Å².